The van der Waals surface area contributed by atoms with Crippen molar-refractivity contribution in [2.75, 3.05) is 0 Å². The van der Waals surface area contributed by atoms with Gasteiger partial charge in [-0.1, -0.05) is 0 Å². The summed E-state index contributed by atoms with van der Waals surface area (Å²) in [5.74, 6) is -0.0194. The molecule has 2 unspecified atom stereocenters. The first-order valence-corrected chi connectivity index (χ1v) is 6.30. The van der Waals surface area contributed by atoms with Gasteiger partial charge in [0.25, 0.3) is 0 Å². The molecule has 0 spiro atoms. The molecule has 1 aromatic rings. The van der Waals surface area contributed by atoms with Gasteiger partial charge in [0.2, 0.25) is 5.91 Å². The summed E-state index contributed by atoms with van der Waals surface area (Å²) in [5.41, 5.74) is 1.21. The number of carbonyl (C=O) groups is 1. The summed E-state index contributed by atoms with van der Waals surface area (Å²) in [7, 11) is 0. The fraction of sp³-hybridized carbons (Fsp3) is 0.545. The molecule has 1 amide bonds. The van der Waals surface area contributed by atoms with E-state index in [0.29, 0.717) is 0 Å². The Bertz CT molecular complexity index is 357. The SMILES string of the molecule is Cc1cc(C(C)NC(=O)C(C)S)c(C)s1. The molecule has 1 N–H and O–H groups in total. The van der Waals surface area contributed by atoms with Crippen LogP contribution in [0.25, 0.3) is 0 Å². The second-order valence-electron chi connectivity index (χ2n) is 3.77. The van der Waals surface area contributed by atoms with Crippen LogP contribution in [0.4, 0.5) is 0 Å². The largest absolute Gasteiger partial charge is 0.349 e. The van der Waals surface area contributed by atoms with Crippen molar-refractivity contribution < 1.29 is 4.79 Å². The van der Waals surface area contributed by atoms with Gasteiger partial charge in [0, 0.05) is 9.75 Å². The van der Waals surface area contributed by atoms with E-state index in [9.17, 15) is 4.79 Å². The highest BCUT2D eigenvalue weighted by molar-refractivity contribution is 7.81. The molecule has 2 atom stereocenters. The van der Waals surface area contributed by atoms with Crippen LogP contribution in [0.2, 0.25) is 0 Å². The van der Waals surface area contributed by atoms with Crippen molar-refractivity contribution in [3.63, 3.8) is 0 Å². The smallest absolute Gasteiger partial charge is 0.233 e. The Hall–Kier alpha value is -0.480. The molecule has 0 aliphatic heterocycles. The quantitative estimate of drug-likeness (QED) is 0.785. The zero-order chi connectivity index (χ0) is 11.6. The highest BCUT2D eigenvalue weighted by Gasteiger charge is 2.15. The first-order chi connectivity index (χ1) is 6.91. The minimum Gasteiger partial charge on any atom is -0.349 e. The Balaban J connectivity index is 2.73. The molecule has 2 nitrogen and oxygen atoms in total. The Morgan fingerprint density at radius 3 is 2.47 bits per heavy atom. The van der Waals surface area contributed by atoms with E-state index in [1.807, 2.05) is 6.92 Å². The van der Waals surface area contributed by atoms with Crippen LogP contribution >= 0.6 is 24.0 Å². The van der Waals surface area contributed by atoms with E-state index in [0.717, 1.165) is 0 Å². The van der Waals surface area contributed by atoms with Crippen LogP contribution in [0.5, 0.6) is 0 Å². The van der Waals surface area contributed by atoms with Gasteiger partial charge in [-0.25, -0.2) is 0 Å². The molecular formula is C11H17NOS2. The van der Waals surface area contributed by atoms with E-state index in [4.69, 9.17) is 0 Å². The number of thiophene rings is 1. The second-order valence-corrected chi connectivity index (χ2v) is 6.01. The highest BCUT2D eigenvalue weighted by Crippen LogP contribution is 2.26. The third-order valence-corrected chi connectivity index (χ3v) is 3.50. The third kappa shape index (κ3) is 3.24. The summed E-state index contributed by atoms with van der Waals surface area (Å²) in [5, 5.41) is 2.68. The minimum absolute atomic E-state index is 0.0194. The average Bonchev–Trinajstić information content (AvgIpc) is 2.44. The first kappa shape index (κ1) is 12.6. The Kier molecular flexibility index (Phi) is 4.22. The summed E-state index contributed by atoms with van der Waals surface area (Å²) in [6.07, 6.45) is 0. The molecule has 0 fully saturated rings. The van der Waals surface area contributed by atoms with E-state index in [-0.39, 0.29) is 17.2 Å². The zero-order valence-electron chi connectivity index (χ0n) is 9.50. The molecule has 15 heavy (non-hydrogen) atoms. The predicted octanol–water partition coefficient (Wildman–Crippen LogP) is 2.86. The molecule has 0 bridgehead atoms. The van der Waals surface area contributed by atoms with Crippen molar-refractivity contribution in [3.8, 4) is 0 Å². The van der Waals surface area contributed by atoms with E-state index in [2.05, 4.69) is 37.9 Å². The van der Waals surface area contributed by atoms with Gasteiger partial charge in [-0.05, 0) is 39.3 Å². The maximum atomic E-state index is 11.5. The van der Waals surface area contributed by atoms with Gasteiger partial charge >= 0.3 is 0 Å². The molecule has 4 heteroatoms. The van der Waals surface area contributed by atoms with Crippen molar-refractivity contribution in [2.45, 2.75) is 39.0 Å². The normalized spacial score (nSPS) is 14.7. The summed E-state index contributed by atoms with van der Waals surface area (Å²) < 4.78 is 0. The number of carbonyl (C=O) groups excluding carboxylic acids is 1. The van der Waals surface area contributed by atoms with Gasteiger partial charge in [0.05, 0.1) is 11.3 Å². The standard InChI is InChI=1S/C11H17NOS2/c1-6-5-10(9(4)15-6)7(2)12-11(13)8(3)14/h5,7-8,14H,1-4H3,(H,12,13). The number of hydrogen-bond acceptors (Lipinski definition) is 3. The lowest BCUT2D eigenvalue weighted by Crippen LogP contribution is -2.32. The van der Waals surface area contributed by atoms with Gasteiger partial charge in [-0.15, -0.1) is 11.3 Å². The van der Waals surface area contributed by atoms with Crippen molar-refractivity contribution in [1.82, 2.24) is 5.32 Å². The topological polar surface area (TPSA) is 29.1 Å². The molecule has 0 aromatic carbocycles. The number of aryl methyl sites for hydroxylation is 2. The lowest BCUT2D eigenvalue weighted by atomic mass is 10.1. The summed E-state index contributed by atoms with van der Waals surface area (Å²) in [4.78, 5) is 14.0. The van der Waals surface area contributed by atoms with Gasteiger partial charge in [0.15, 0.2) is 0 Å². The van der Waals surface area contributed by atoms with E-state index >= 15 is 0 Å². The third-order valence-electron chi connectivity index (χ3n) is 2.28. The zero-order valence-corrected chi connectivity index (χ0v) is 11.2. The van der Waals surface area contributed by atoms with Gasteiger partial charge in [-0.2, -0.15) is 12.6 Å². The molecule has 0 aliphatic carbocycles. The van der Waals surface area contributed by atoms with Crippen molar-refractivity contribution in [2.24, 2.45) is 0 Å². The number of amides is 1. The van der Waals surface area contributed by atoms with E-state index < -0.39 is 0 Å². The van der Waals surface area contributed by atoms with Crippen LogP contribution < -0.4 is 5.32 Å². The van der Waals surface area contributed by atoms with Gasteiger partial charge in [0.1, 0.15) is 0 Å². The van der Waals surface area contributed by atoms with Crippen molar-refractivity contribution in [1.29, 1.82) is 0 Å². The number of hydrogen-bond donors (Lipinski definition) is 2. The molecule has 1 heterocycles. The summed E-state index contributed by atoms with van der Waals surface area (Å²) in [6, 6.07) is 2.20. The summed E-state index contributed by atoms with van der Waals surface area (Å²) >= 11 is 5.86. The number of rotatable bonds is 3. The lowest BCUT2D eigenvalue weighted by molar-refractivity contribution is -0.120. The van der Waals surface area contributed by atoms with Crippen LogP contribution in [-0.4, -0.2) is 11.2 Å². The molecule has 0 radical (unpaired) electrons. The fourth-order valence-corrected chi connectivity index (χ4v) is 2.59. The Morgan fingerprint density at radius 1 is 1.47 bits per heavy atom. The molecule has 0 aliphatic rings. The fourth-order valence-electron chi connectivity index (χ4n) is 1.49. The maximum absolute atomic E-state index is 11.5. The van der Waals surface area contributed by atoms with Crippen LogP contribution in [0.1, 0.15) is 35.2 Å². The molecule has 0 saturated heterocycles. The summed E-state index contributed by atoms with van der Waals surface area (Å²) in [6.45, 7) is 7.94. The molecule has 1 rings (SSSR count). The Labute approximate surface area is 100 Å². The van der Waals surface area contributed by atoms with Crippen LogP contribution in [-0.2, 0) is 4.79 Å². The molecular weight excluding hydrogens is 226 g/mol. The van der Waals surface area contributed by atoms with Crippen molar-refractivity contribution in [3.05, 3.63) is 21.4 Å². The highest BCUT2D eigenvalue weighted by atomic mass is 32.1. The van der Waals surface area contributed by atoms with Crippen LogP contribution in [0.3, 0.4) is 0 Å². The van der Waals surface area contributed by atoms with Crippen molar-refractivity contribution >= 4 is 29.9 Å². The minimum atomic E-state index is -0.257. The Morgan fingerprint density at radius 2 is 2.07 bits per heavy atom. The number of nitrogens with one attached hydrogen (secondary N) is 1. The monoisotopic (exact) mass is 243 g/mol. The van der Waals surface area contributed by atoms with Gasteiger partial charge in [-0.3, -0.25) is 4.79 Å². The van der Waals surface area contributed by atoms with E-state index in [1.165, 1.54) is 15.3 Å². The number of thiol groups is 1. The van der Waals surface area contributed by atoms with Gasteiger partial charge < -0.3 is 5.32 Å². The second kappa shape index (κ2) is 5.03. The molecule has 1 aromatic heterocycles. The maximum Gasteiger partial charge on any atom is 0.233 e. The predicted molar refractivity (Wildman–Crippen MR) is 68.8 cm³/mol. The lowest BCUT2D eigenvalue weighted by Gasteiger charge is -2.15. The average molecular weight is 243 g/mol. The van der Waals surface area contributed by atoms with E-state index in [1.54, 1.807) is 18.3 Å². The first-order valence-electron chi connectivity index (χ1n) is 4.97. The van der Waals surface area contributed by atoms with Crippen LogP contribution in [0.15, 0.2) is 6.07 Å². The van der Waals surface area contributed by atoms with Crippen LogP contribution in [0, 0.1) is 13.8 Å². The molecule has 84 valence electrons. The molecule has 0 saturated carbocycles.